The van der Waals surface area contributed by atoms with Gasteiger partial charge in [0, 0.05) is 17.9 Å². The van der Waals surface area contributed by atoms with Crippen LogP contribution in [0.4, 0.5) is 0 Å². The van der Waals surface area contributed by atoms with Gasteiger partial charge in [0.2, 0.25) is 5.91 Å². The lowest BCUT2D eigenvalue weighted by atomic mass is 9.93. The minimum atomic E-state index is -0.987. The SMILES string of the molecule is COc1cc(Br)c(C2C(C(=O)O)CC(=O)N2C)cc1OC. The molecule has 0 radical (unpaired) electrons. The summed E-state index contributed by atoms with van der Waals surface area (Å²) in [5.74, 6) is -0.926. The molecule has 21 heavy (non-hydrogen) atoms. The van der Waals surface area contributed by atoms with Crippen LogP contribution in [0.5, 0.6) is 11.5 Å². The van der Waals surface area contributed by atoms with Crippen LogP contribution in [0, 0.1) is 5.92 Å². The molecule has 114 valence electrons. The van der Waals surface area contributed by atoms with E-state index in [2.05, 4.69) is 15.9 Å². The fourth-order valence-electron chi connectivity index (χ4n) is 2.61. The Bertz CT molecular complexity index is 589. The lowest BCUT2D eigenvalue weighted by molar-refractivity contribution is -0.142. The van der Waals surface area contributed by atoms with E-state index in [0.29, 0.717) is 21.5 Å². The van der Waals surface area contributed by atoms with Crippen LogP contribution in [0.15, 0.2) is 16.6 Å². The average Bonchev–Trinajstić information content (AvgIpc) is 2.75. The van der Waals surface area contributed by atoms with Gasteiger partial charge in [-0.2, -0.15) is 0 Å². The second-order valence-electron chi connectivity index (χ2n) is 4.83. The molecule has 1 amide bonds. The number of amides is 1. The molecule has 1 saturated heterocycles. The highest BCUT2D eigenvalue weighted by Gasteiger charge is 2.43. The Balaban J connectivity index is 2.53. The fourth-order valence-corrected chi connectivity index (χ4v) is 3.17. The molecule has 0 bridgehead atoms. The molecule has 0 spiro atoms. The minimum Gasteiger partial charge on any atom is -0.493 e. The summed E-state index contributed by atoms with van der Waals surface area (Å²) in [5.41, 5.74) is 0.688. The van der Waals surface area contributed by atoms with Crippen LogP contribution in [0.3, 0.4) is 0 Å². The summed E-state index contributed by atoms with van der Waals surface area (Å²) in [4.78, 5) is 24.7. The Hall–Kier alpha value is -1.76. The fraction of sp³-hybridized carbons (Fsp3) is 0.429. The Labute approximate surface area is 130 Å². The van der Waals surface area contributed by atoms with Crippen LogP contribution in [0.2, 0.25) is 0 Å². The summed E-state index contributed by atoms with van der Waals surface area (Å²) < 4.78 is 11.1. The van der Waals surface area contributed by atoms with Crippen molar-refractivity contribution in [2.24, 2.45) is 5.92 Å². The van der Waals surface area contributed by atoms with E-state index in [1.54, 1.807) is 19.2 Å². The summed E-state index contributed by atoms with van der Waals surface area (Å²) in [6.45, 7) is 0. The van der Waals surface area contributed by atoms with Crippen molar-refractivity contribution in [1.29, 1.82) is 0 Å². The molecule has 2 unspecified atom stereocenters. The quantitative estimate of drug-likeness (QED) is 0.892. The van der Waals surface area contributed by atoms with Gasteiger partial charge in [-0.05, 0) is 17.7 Å². The number of nitrogens with zero attached hydrogens (tertiary/aromatic N) is 1. The number of methoxy groups -OCH3 is 2. The van der Waals surface area contributed by atoms with Crippen molar-refractivity contribution in [3.05, 3.63) is 22.2 Å². The van der Waals surface area contributed by atoms with Gasteiger partial charge in [-0.15, -0.1) is 0 Å². The number of aliphatic carboxylic acids is 1. The van der Waals surface area contributed by atoms with Crippen LogP contribution in [-0.4, -0.2) is 43.2 Å². The highest BCUT2D eigenvalue weighted by Crippen LogP contribution is 2.44. The van der Waals surface area contributed by atoms with Gasteiger partial charge in [0.15, 0.2) is 11.5 Å². The predicted octanol–water partition coefficient (Wildman–Crippen LogP) is 2.07. The number of ether oxygens (including phenoxy) is 2. The molecule has 1 fully saturated rings. The first-order valence-electron chi connectivity index (χ1n) is 6.30. The normalized spacial score (nSPS) is 21.5. The molecule has 7 heteroatoms. The molecule has 2 atom stereocenters. The van der Waals surface area contributed by atoms with Gasteiger partial charge < -0.3 is 19.5 Å². The molecule has 6 nitrogen and oxygen atoms in total. The number of carboxylic acid groups (broad SMARTS) is 1. The number of rotatable bonds is 4. The third-order valence-electron chi connectivity index (χ3n) is 3.73. The molecule has 1 aromatic rings. The molecule has 0 saturated carbocycles. The number of hydrogen-bond acceptors (Lipinski definition) is 4. The van der Waals surface area contributed by atoms with E-state index < -0.39 is 17.9 Å². The van der Waals surface area contributed by atoms with Crippen molar-refractivity contribution < 1.29 is 24.2 Å². The zero-order valence-electron chi connectivity index (χ0n) is 11.9. The third kappa shape index (κ3) is 2.70. The summed E-state index contributed by atoms with van der Waals surface area (Å²) >= 11 is 3.42. The molecule has 1 aromatic carbocycles. The summed E-state index contributed by atoms with van der Waals surface area (Å²) in [7, 11) is 4.64. The van der Waals surface area contributed by atoms with Gasteiger partial charge in [0.1, 0.15) is 0 Å². The molecule has 0 aliphatic carbocycles. The van der Waals surface area contributed by atoms with E-state index in [0.717, 1.165) is 0 Å². The maximum Gasteiger partial charge on any atom is 0.309 e. The lowest BCUT2D eigenvalue weighted by Crippen LogP contribution is -2.27. The van der Waals surface area contributed by atoms with E-state index in [1.807, 2.05) is 0 Å². The van der Waals surface area contributed by atoms with Crippen LogP contribution in [0.1, 0.15) is 18.0 Å². The van der Waals surface area contributed by atoms with Gasteiger partial charge in [-0.1, -0.05) is 15.9 Å². The minimum absolute atomic E-state index is 0.00269. The lowest BCUT2D eigenvalue weighted by Gasteiger charge is -2.25. The molecule has 2 rings (SSSR count). The third-order valence-corrected chi connectivity index (χ3v) is 4.41. The summed E-state index contributed by atoms with van der Waals surface area (Å²) in [6.07, 6.45) is -0.00269. The van der Waals surface area contributed by atoms with Crippen LogP contribution >= 0.6 is 15.9 Å². The molecule has 1 heterocycles. The predicted molar refractivity (Wildman–Crippen MR) is 78.5 cm³/mol. The molecule has 1 aliphatic rings. The maximum absolute atomic E-state index is 11.9. The van der Waals surface area contributed by atoms with E-state index in [1.165, 1.54) is 19.1 Å². The van der Waals surface area contributed by atoms with Gasteiger partial charge in [-0.3, -0.25) is 9.59 Å². The number of likely N-dealkylation sites (tertiary alicyclic amines) is 1. The molecule has 1 N–H and O–H groups in total. The Morgan fingerprint density at radius 1 is 1.33 bits per heavy atom. The van der Waals surface area contributed by atoms with Crippen molar-refractivity contribution in [3.8, 4) is 11.5 Å². The summed E-state index contributed by atoms with van der Waals surface area (Å²) in [6, 6.07) is 2.88. The number of hydrogen-bond donors (Lipinski definition) is 1. The molecular weight excluding hydrogens is 342 g/mol. The van der Waals surface area contributed by atoms with E-state index in [-0.39, 0.29) is 12.3 Å². The van der Waals surface area contributed by atoms with Crippen LogP contribution in [-0.2, 0) is 9.59 Å². The van der Waals surface area contributed by atoms with Gasteiger partial charge >= 0.3 is 5.97 Å². The van der Waals surface area contributed by atoms with Crippen molar-refractivity contribution in [2.75, 3.05) is 21.3 Å². The first kappa shape index (κ1) is 15.6. The number of carbonyl (C=O) groups is 2. The smallest absolute Gasteiger partial charge is 0.309 e. The van der Waals surface area contributed by atoms with Gasteiger partial charge in [-0.25, -0.2) is 0 Å². The standard InChI is InChI=1S/C14H16BrNO5/c1-16-12(17)5-8(14(18)19)13(16)7-4-10(20-2)11(21-3)6-9(7)15/h4,6,8,13H,5H2,1-3H3,(H,18,19). The van der Waals surface area contributed by atoms with Crippen molar-refractivity contribution in [1.82, 2.24) is 4.90 Å². The highest BCUT2D eigenvalue weighted by atomic mass is 79.9. The maximum atomic E-state index is 11.9. The number of halogens is 1. The molecule has 1 aliphatic heterocycles. The van der Waals surface area contributed by atoms with E-state index in [9.17, 15) is 14.7 Å². The van der Waals surface area contributed by atoms with Crippen LogP contribution in [0.25, 0.3) is 0 Å². The highest BCUT2D eigenvalue weighted by molar-refractivity contribution is 9.10. The zero-order valence-corrected chi connectivity index (χ0v) is 13.5. The second-order valence-corrected chi connectivity index (χ2v) is 5.68. The first-order chi connectivity index (χ1) is 9.90. The topological polar surface area (TPSA) is 76.1 Å². The Morgan fingerprint density at radius 2 is 1.90 bits per heavy atom. The number of carbonyl (C=O) groups excluding carboxylic acids is 1. The van der Waals surface area contributed by atoms with Crippen molar-refractivity contribution in [2.45, 2.75) is 12.5 Å². The number of benzene rings is 1. The first-order valence-corrected chi connectivity index (χ1v) is 7.09. The van der Waals surface area contributed by atoms with Gasteiger partial charge in [0.05, 0.1) is 26.2 Å². The molecule has 0 aromatic heterocycles. The molecular formula is C14H16BrNO5. The Kier molecular flexibility index (Phi) is 4.41. The Morgan fingerprint density at radius 3 is 2.43 bits per heavy atom. The van der Waals surface area contributed by atoms with Crippen molar-refractivity contribution in [3.63, 3.8) is 0 Å². The van der Waals surface area contributed by atoms with Crippen molar-refractivity contribution >= 4 is 27.8 Å². The largest absolute Gasteiger partial charge is 0.493 e. The van der Waals surface area contributed by atoms with Crippen LogP contribution < -0.4 is 9.47 Å². The summed E-state index contributed by atoms with van der Waals surface area (Å²) in [5, 5.41) is 9.35. The van der Waals surface area contributed by atoms with E-state index >= 15 is 0 Å². The number of carboxylic acids is 1. The monoisotopic (exact) mass is 357 g/mol. The van der Waals surface area contributed by atoms with E-state index in [4.69, 9.17) is 9.47 Å². The zero-order chi connectivity index (χ0) is 15.7. The second kappa shape index (κ2) is 5.93. The average molecular weight is 358 g/mol. The van der Waals surface area contributed by atoms with Gasteiger partial charge in [0.25, 0.3) is 0 Å².